The van der Waals surface area contributed by atoms with Gasteiger partial charge in [0.2, 0.25) is 0 Å². The van der Waals surface area contributed by atoms with Crippen LogP contribution in [0.2, 0.25) is 0 Å². The molecule has 0 atom stereocenters. The van der Waals surface area contributed by atoms with E-state index >= 15 is 0 Å². The third-order valence-corrected chi connectivity index (χ3v) is 11.9. The van der Waals surface area contributed by atoms with Gasteiger partial charge >= 0.3 is 0 Å². The maximum Gasteiger partial charge on any atom is 0.0582 e. The average molecular weight is 795 g/mol. The molecule has 0 heterocycles. The van der Waals surface area contributed by atoms with Crippen molar-refractivity contribution in [3.63, 3.8) is 0 Å². The maximum absolute atomic E-state index is 4.16. The third kappa shape index (κ3) is 6.63. The van der Waals surface area contributed by atoms with Crippen molar-refractivity contribution in [2.75, 3.05) is 11.9 Å². The Labute approximate surface area is 275 Å². The highest BCUT2D eigenvalue weighted by Crippen LogP contribution is 2.51. The molecule has 0 radical (unpaired) electrons. The van der Waals surface area contributed by atoms with E-state index in [1.807, 2.05) is 0 Å². The first-order valence-corrected chi connectivity index (χ1v) is 18.5. The molecule has 40 heavy (non-hydrogen) atoms. The zero-order chi connectivity index (χ0) is 28.2. The summed E-state index contributed by atoms with van der Waals surface area (Å²) in [6, 6.07) is 9.66. The Morgan fingerprint density at radius 1 is 0.600 bits per heavy atom. The molecule has 1 N–H and O–H groups in total. The fraction of sp³-hybridized carbons (Fsp3) is 0.486. The van der Waals surface area contributed by atoms with Crippen molar-refractivity contribution in [3.05, 3.63) is 70.0 Å². The molecule has 3 aromatic rings. The lowest BCUT2D eigenvalue weighted by Gasteiger charge is -2.26. The highest BCUT2D eigenvalue weighted by molar-refractivity contribution is 9.11. The first-order chi connectivity index (χ1) is 19.4. The number of rotatable bonds is 10. The zero-order valence-corrected chi connectivity index (χ0v) is 30.3. The van der Waals surface area contributed by atoms with E-state index in [2.05, 4.69) is 107 Å². The highest BCUT2D eigenvalue weighted by Gasteiger charge is 2.26. The van der Waals surface area contributed by atoms with Gasteiger partial charge in [-0.15, -0.1) is 0 Å². The molecule has 214 valence electrons. The summed E-state index contributed by atoms with van der Waals surface area (Å²) in [6.07, 6.45) is 17.7. The average Bonchev–Trinajstić information content (AvgIpc) is 2.95. The molecular formula is C35H41Br4N. The van der Waals surface area contributed by atoms with Crippen LogP contribution in [0.25, 0.3) is 22.3 Å². The molecule has 0 saturated carbocycles. The Kier molecular flexibility index (Phi) is 11.0. The first-order valence-electron chi connectivity index (χ1n) is 15.3. The topological polar surface area (TPSA) is 12.0 Å². The molecule has 2 aliphatic carbocycles. The molecule has 0 fully saturated rings. The van der Waals surface area contributed by atoms with Gasteiger partial charge in [0.25, 0.3) is 0 Å². The van der Waals surface area contributed by atoms with E-state index in [0.717, 1.165) is 11.0 Å². The summed E-state index contributed by atoms with van der Waals surface area (Å²) in [4.78, 5) is 0. The van der Waals surface area contributed by atoms with Gasteiger partial charge in [-0.1, -0.05) is 70.9 Å². The molecule has 0 bridgehead atoms. The third-order valence-electron chi connectivity index (χ3n) is 8.85. The first kappa shape index (κ1) is 30.8. The van der Waals surface area contributed by atoms with E-state index in [1.54, 1.807) is 0 Å². The summed E-state index contributed by atoms with van der Waals surface area (Å²) < 4.78 is 4.71. The van der Waals surface area contributed by atoms with Gasteiger partial charge < -0.3 is 5.32 Å². The van der Waals surface area contributed by atoms with E-state index in [4.69, 9.17) is 0 Å². The van der Waals surface area contributed by atoms with Crippen molar-refractivity contribution in [2.24, 2.45) is 0 Å². The van der Waals surface area contributed by atoms with Crippen LogP contribution >= 0.6 is 63.7 Å². The van der Waals surface area contributed by atoms with E-state index in [1.165, 1.54) is 159 Å². The summed E-state index contributed by atoms with van der Waals surface area (Å²) in [7, 11) is 0. The molecule has 0 aromatic heterocycles. The maximum atomic E-state index is 4.16. The summed E-state index contributed by atoms with van der Waals surface area (Å²) in [5.41, 5.74) is 13.6. The molecule has 5 heteroatoms. The molecule has 0 amide bonds. The second-order valence-electron chi connectivity index (χ2n) is 11.7. The minimum Gasteiger partial charge on any atom is -0.384 e. The lowest BCUT2D eigenvalue weighted by molar-refractivity contribution is 0.617. The van der Waals surface area contributed by atoms with Crippen LogP contribution in [0.3, 0.4) is 0 Å². The van der Waals surface area contributed by atoms with Crippen molar-refractivity contribution < 1.29 is 0 Å². The van der Waals surface area contributed by atoms with E-state index in [-0.39, 0.29) is 0 Å². The van der Waals surface area contributed by atoms with Gasteiger partial charge in [0, 0.05) is 35.6 Å². The summed E-state index contributed by atoms with van der Waals surface area (Å²) in [5.74, 6) is 0. The predicted molar refractivity (Wildman–Crippen MR) is 188 cm³/mol. The van der Waals surface area contributed by atoms with Gasteiger partial charge in [0.1, 0.15) is 0 Å². The van der Waals surface area contributed by atoms with Crippen LogP contribution < -0.4 is 5.32 Å². The smallest absolute Gasteiger partial charge is 0.0582 e. The molecular weight excluding hydrogens is 754 g/mol. The van der Waals surface area contributed by atoms with Gasteiger partial charge in [-0.05, 0) is 160 Å². The van der Waals surface area contributed by atoms with Crippen molar-refractivity contribution in [2.45, 2.75) is 104 Å². The Morgan fingerprint density at radius 2 is 1.07 bits per heavy atom. The number of anilines is 1. The summed E-state index contributed by atoms with van der Waals surface area (Å²) in [6.45, 7) is 5.52. The molecule has 0 unspecified atom stereocenters. The number of halogens is 4. The SMILES string of the molecule is CCCCCCCCNc1c(Br)c(-c2cc3c(cc2Br)CCCC3)c(C)c(Br)c1-c1cc2c(cc1Br)CCCC2. The fourth-order valence-electron chi connectivity index (χ4n) is 6.56. The van der Waals surface area contributed by atoms with Crippen LogP contribution in [0.5, 0.6) is 0 Å². The molecule has 0 aliphatic heterocycles. The molecule has 2 aliphatic rings. The van der Waals surface area contributed by atoms with Gasteiger partial charge in [-0.2, -0.15) is 0 Å². The van der Waals surface area contributed by atoms with Crippen LogP contribution in [0.1, 0.15) is 98.9 Å². The molecule has 5 rings (SSSR count). The fourth-order valence-corrected chi connectivity index (χ4v) is 9.20. The number of benzene rings is 3. The summed E-state index contributed by atoms with van der Waals surface area (Å²) in [5, 5.41) is 3.93. The molecule has 3 aromatic carbocycles. The Morgan fingerprint density at radius 3 is 1.62 bits per heavy atom. The molecule has 0 saturated heterocycles. The molecule has 0 spiro atoms. The second-order valence-corrected chi connectivity index (χ2v) is 15.0. The number of fused-ring (bicyclic) bond motifs is 2. The van der Waals surface area contributed by atoms with Crippen molar-refractivity contribution in [3.8, 4) is 22.3 Å². The Bertz CT molecular complexity index is 1380. The Hall–Kier alpha value is -0.620. The minimum absolute atomic E-state index is 0.973. The lowest BCUT2D eigenvalue weighted by atomic mass is 9.86. The number of aryl methyl sites for hydroxylation is 4. The quantitative estimate of drug-likeness (QED) is 0.202. The lowest BCUT2D eigenvalue weighted by Crippen LogP contribution is -2.08. The van der Waals surface area contributed by atoms with Crippen LogP contribution in [-0.4, -0.2) is 6.54 Å². The number of unbranched alkanes of at least 4 members (excludes halogenated alkanes) is 5. The van der Waals surface area contributed by atoms with Crippen LogP contribution in [0.15, 0.2) is 42.2 Å². The monoisotopic (exact) mass is 791 g/mol. The van der Waals surface area contributed by atoms with Crippen molar-refractivity contribution in [1.82, 2.24) is 0 Å². The Balaban J connectivity index is 1.60. The number of nitrogens with one attached hydrogen (secondary N) is 1. The normalized spacial score (nSPS) is 14.7. The zero-order valence-electron chi connectivity index (χ0n) is 23.9. The van der Waals surface area contributed by atoms with Gasteiger partial charge in [-0.25, -0.2) is 0 Å². The van der Waals surface area contributed by atoms with E-state index in [9.17, 15) is 0 Å². The second kappa shape index (κ2) is 14.2. The largest absolute Gasteiger partial charge is 0.384 e. The van der Waals surface area contributed by atoms with E-state index < -0.39 is 0 Å². The number of hydrogen-bond acceptors (Lipinski definition) is 1. The van der Waals surface area contributed by atoms with Gasteiger partial charge in [-0.3, -0.25) is 0 Å². The van der Waals surface area contributed by atoms with Crippen LogP contribution in [0, 0.1) is 6.92 Å². The van der Waals surface area contributed by atoms with Gasteiger partial charge in [0.05, 0.1) is 5.69 Å². The summed E-state index contributed by atoms with van der Waals surface area (Å²) >= 11 is 16.3. The van der Waals surface area contributed by atoms with E-state index in [0.29, 0.717) is 0 Å². The standard InChI is InChI=1S/C35H41Br4N/c1-3-4-5-6-7-12-17-40-35-32(28-19-24-14-9-11-16-26(24)21-30(28)37)33(38)22(2)31(34(35)39)27-18-23-13-8-10-15-25(23)20-29(27)36/h18-21,40H,3-17H2,1-2H3. The molecule has 1 nitrogen and oxygen atoms in total. The van der Waals surface area contributed by atoms with Crippen LogP contribution in [0.4, 0.5) is 5.69 Å². The van der Waals surface area contributed by atoms with Crippen LogP contribution in [-0.2, 0) is 25.7 Å². The highest BCUT2D eigenvalue weighted by atomic mass is 79.9. The van der Waals surface area contributed by atoms with Gasteiger partial charge in [0.15, 0.2) is 0 Å². The van der Waals surface area contributed by atoms with Crippen molar-refractivity contribution >= 4 is 69.4 Å². The number of hydrogen-bond donors (Lipinski definition) is 1. The predicted octanol–water partition coefficient (Wildman–Crippen LogP) is 12.9. The minimum atomic E-state index is 0.973. The van der Waals surface area contributed by atoms with Crippen molar-refractivity contribution in [1.29, 1.82) is 0 Å².